The second-order valence-electron chi connectivity index (χ2n) is 5.52. The molecule has 1 aromatic carbocycles. The van der Waals surface area contributed by atoms with Crippen molar-refractivity contribution in [3.8, 4) is 0 Å². The van der Waals surface area contributed by atoms with Crippen LogP contribution < -0.4 is 4.90 Å². The van der Waals surface area contributed by atoms with Gasteiger partial charge in [-0.05, 0) is 49.4 Å². The minimum Gasteiger partial charge on any atom is -0.370 e. The van der Waals surface area contributed by atoms with Crippen molar-refractivity contribution in [2.24, 2.45) is 0 Å². The van der Waals surface area contributed by atoms with Crippen LogP contribution in [0.5, 0.6) is 0 Å². The summed E-state index contributed by atoms with van der Waals surface area (Å²) in [5.74, 6) is 0.208. The number of fused-ring (bicyclic) bond motifs is 1. The molecule has 1 atom stereocenters. The Morgan fingerprint density at radius 1 is 1.30 bits per heavy atom. The van der Waals surface area contributed by atoms with E-state index >= 15 is 0 Å². The van der Waals surface area contributed by atoms with Crippen molar-refractivity contribution in [3.63, 3.8) is 0 Å². The van der Waals surface area contributed by atoms with Crippen molar-refractivity contribution < 1.29 is 14.3 Å². The number of hydrogen-bond acceptors (Lipinski definition) is 3. The summed E-state index contributed by atoms with van der Waals surface area (Å²) in [4.78, 5) is 25.8. The minimum atomic E-state index is -0.287. The molecule has 106 valence electrons. The monoisotopic (exact) mass is 273 g/mol. The zero-order valence-electron chi connectivity index (χ0n) is 11.7. The van der Waals surface area contributed by atoms with Gasteiger partial charge in [0.1, 0.15) is 6.10 Å². The van der Waals surface area contributed by atoms with Gasteiger partial charge < -0.3 is 9.64 Å². The van der Waals surface area contributed by atoms with Crippen LogP contribution >= 0.6 is 0 Å². The Hall–Kier alpha value is -1.68. The molecule has 0 aliphatic carbocycles. The van der Waals surface area contributed by atoms with Crippen LogP contribution in [0.25, 0.3) is 0 Å². The van der Waals surface area contributed by atoms with Crippen LogP contribution in [0.15, 0.2) is 18.2 Å². The minimum absolute atomic E-state index is 0.0760. The van der Waals surface area contributed by atoms with Gasteiger partial charge in [0.05, 0.1) is 0 Å². The molecule has 1 saturated heterocycles. The summed E-state index contributed by atoms with van der Waals surface area (Å²) in [5, 5.41) is 0. The molecule has 2 aliphatic heterocycles. The molecule has 0 N–H and O–H groups in total. The predicted octanol–water partition coefficient (Wildman–Crippen LogP) is 2.35. The van der Waals surface area contributed by atoms with E-state index in [0.717, 1.165) is 30.5 Å². The Balaban J connectivity index is 1.85. The molecule has 1 unspecified atom stereocenters. The summed E-state index contributed by atoms with van der Waals surface area (Å²) in [5.41, 5.74) is 2.70. The average Bonchev–Trinajstić information content (AvgIpc) is 2.51. The van der Waals surface area contributed by atoms with Crippen LogP contribution in [0, 0.1) is 0 Å². The van der Waals surface area contributed by atoms with Gasteiger partial charge in [-0.3, -0.25) is 9.59 Å². The molecule has 1 fully saturated rings. The summed E-state index contributed by atoms with van der Waals surface area (Å²) in [6, 6.07) is 5.62. The van der Waals surface area contributed by atoms with Crippen molar-refractivity contribution in [1.82, 2.24) is 0 Å². The molecular formula is C16H19NO3. The molecule has 2 heterocycles. The number of benzene rings is 1. The average molecular weight is 273 g/mol. The maximum absolute atomic E-state index is 12.4. The number of rotatable bonds is 2. The standard InChI is InChI=1S/C16H19NO3/c1-17-13-7-5-12(10-11(13)6-8-15(17)18)16(19)14-4-2-3-9-20-14/h5,7,10,14H,2-4,6,8-9H2,1H3. The summed E-state index contributed by atoms with van der Waals surface area (Å²) in [6.07, 6.45) is 3.85. The molecule has 20 heavy (non-hydrogen) atoms. The smallest absolute Gasteiger partial charge is 0.227 e. The summed E-state index contributed by atoms with van der Waals surface area (Å²) < 4.78 is 5.56. The molecule has 3 rings (SSSR count). The van der Waals surface area contributed by atoms with E-state index in [9.17, 15) is 9.59 Å². The van der Waals surface area contributed by atoms with Crippen LogP contribution in [-0.4, -0.2) is 31.4 Å². The van der Waals surface area contributed by atoms with Crippen molar-refractivity contribution in [2.75, 3.05) is 18.6 Å². The van der Waals surface area contributed by atoms with Gasteiger partial charge in [0.15, 0.2) is 5.78 Å². The third-order valence-corrected chi connectivity index (χ3v) is 4.18. The van der Waals surface area contributed by atoms with E-state index in [1.165, 1.54) is 0 Å². The number of anilines is 1. The number of Topliss-reactive ketones (excluding diaryl/α,β-unsaturated/α-hetero) is 1. The van der Waals surface area contributed by atoms with Gasteiger partial charge in [-0.1, -0.05) is 0 Å². The summed E-state index contributed by atoms with van der Waals surface area (Å²) in [7, 11) is 1.78. The molecule has 1 amide bonds. The van der Waals surface area contributed by atoms with Gasteiger partial charge in [0, 0.05) is 31.3 Å². The van der Waals surface area contributed by atoms with Crippen LogP contribution in [0.4, 0.5) is 5.69 Å². The Bertz CT molecular complexity index is 547. The molecule has 4 heteroatoms. The number of carbonyl (C=O) groups is 2. The van der Waals surface area contributed by atoms with Gasteiger partial charge in [0.2, 0.25) is 5.91 Å². The lowest BCUT2D eigenvalue weighted by Gasteiger charge is -2.27. The Kier molecular flexibility index (Phi) is 3.57. The first-order valence-corrected chi connectivity index (χ1v) is 7.22. The van der Waals surface area contributed by atoms with Crippen LogP contribution in [0.1, 0.15) is 41.6 Å². The second-order valence-corrected chi connectivity index (χ2v) is 5.52. The maximum atomic E-state index is 12.4. The number of hydrogen-bond donors (Lipinski definition) is 0. The van der Waals surface area contributed by atoms with Gasteiger partial charge in [-0.2, -0.15) is 0 Å². The third kappa shape index (κ3) is 2.36. The van der Waals surface area contributed by atoms with Gasteiger partial charge in [0.25, 0.3) is 0 Å². The molecule has 0 spiro atoms. The number of aryl methyl sites for hydroxylation is 1. The number of amides is 1. The molecule has 0 radical (unpaired) electrons. The van der Waals surface area contributed by atoms with E-state index in [-0.39, 0.29) is 17.8 Å². The number of carbonyl (C=O) groups excluding carboxylic acids is 2. The van der Waals surface area contributed by atoms with Gasteiger partial charge >= 0.3 is 0 Å². The second kappa shape index (κ2) is 5.37. The first-order chi connectivity index (χ1) is 9.66. The fraction of sp³-hybridized carbons (Fsp3) is 0.500. The highest BCUT2D eigenvalue weighted by atomic mass is 16.5. The highest BCUT2D eigenvalue weighted by Gasteiger charge is 2.26. The number of ether oxygens (including phenoxy) is 1. The van der Waals surface area contributed by atoms with Crippen molar-refractivity contribution in [2.45, 2.75) is 38.2 Å². The largest absolute Gasteiger partial charge is 0.370 e. The van der Waals surface area contributed by atoms with E-state index in [2.05, 4.69) is 0 Å². The van der Waals surface area contributed by atoms with E-state index in [1.54, 1.807) is 11.9 Å². The summed E-state index contributed by atoms with van der Waals surface area (Å²) >= 11 is 0. The maximum Gasteiger partial charge on any atom is 0.227 e. The quantitative estimate of drug-likeness (QED) is 0.777. The van der Waals surface area contributed by atoms with E-state index in [0.29, 0.717) is 25.0 Å². The fourth-order valence-corrected chi connectivity index (χ4v) is 2.94. The van der Waals surface area contributed by atoms with Crippen LogP contribution in [0.3, 0.4) is 0 Å². The first kappa shape index (κ1) is 13.3. The zero-order chi connectivity index (χ0) is 14.1. The SMILES string of the molecule is CN1C(=O)CCc2cc(C(=O)C3CCCCO3)ccc21. The normalized spacial score (nSPS) is 22.6. The molecular weight excluding hydrogens is 254 g/mol. The molecule has 2 aliphatic rings. The Morgan fingerprint density at radius 3 is 2.90 bits per heavy atom. The molecule has 0 bridgehead atoms. The highest BCUT2D eigenvalue weighted by molar-refractivity contribution is 6.01. The topological polar surface area (TPSA) is 46.6 Å². The fourth-order valence-electron chi connectivity index (χ4n) is 2.94. The molecule has 0 aromatic heterocycles. The van der Waals surface area contributed by atoms with Gasteiger partial charge in [-0.15, -0.1) is 0 Å². The van der Waals surface area contributed by atoms with Crippen molar-refractivity contribution >= 4 is 17.4 Å². The third-order valence-electron chi connectivity index (χ3n) is 4.18. The molecule has 0 saturated carbocycles. The lowest BCUT2D eigenvalue weighted by molar-refractivity contribution is -0.118. The van der Waals surface area contributed by atoms with Crippen LogP contribution in [-0.2, 0) is 16.0 Å². The van der Waals surface area contributed by atoms with Crippen molar-refractivity contribution in [1.29, 1.82) is 0 Å². The summed E-state index contributed by atoms with van der Waals surface area (Å²) in [6.45, 7) is 0.679. The Labute approximate surface area is 118 Å². The van der Waals surface area contributed by atoms with Crippen molar-refractivity contribution in [3.05, 3.63) is 29.3 Å². The first-order valence-electron chi connectivity index (χ1n) is 7.22. The van der Waals surface area contributed by atoms with E-state index in [4.69, 9.17) is 4.74 Å². The van der Waals surface area contributed by atoms with Crippen LogP contribution in [0.2, 0.25) is 0 Å². The zero-order valence-corrected chi connectivity index (χ0v) is 11.7. The predicted molar refractivity (Wildman–Crippen MR) is 76.1 cm³/mol. The van der Waals surface area contributed by atoms with E-state index < -0.39 is 0 Å². The Morgan fingerprint density at radius 2 is 2.15 bits per heavy atom. The number of nitrogens with zero attached hydrogens (tertiary/aromatic N) is 1. The highest BCUT2D eigenvalue weighted by Crippen LogP contribution is 2.28. The van der Waals surface area contributed by atoms with Gasteiger partial charge in [-0.25, -0.2) is 0 Å². The molecule has 1 aromatic rings. The lowest BCUT2D eigenvalue weighted by atomic mass is 9.94. The lowest BCUT2D eigenvalue weighted by Crippen LogP contribution is -2.32. The number of ketones is 1. The van der Waals surface area contributed by atoms with E-state index in [1.807, 2.05) is 18.2 Å². The molecule has 4 nitrogen and oxygen atoms in total.